The number of nitrogens with zero attached hydrogens (tertiary/aromatic N) is 1. The molecule has 2 rings (SSSR count). The van der Waals surface area contributed by atoms with Gasteiger partial charge in [0, 0.05) is 26.0 Å². The van der Waals surface area contributed by atoms with Crippen molar-refractivity contribution in [2.45, 2.75) is 37.5 Å². The van der Waals surface area contributed by atoms with Crippen molar-refractivity contribution in [1.82, 2.24) is 10.6 Å². The van der Waals surface area contributed by atoms with Crippen LogP contribution in [0.5, 0.6) is 0 Å². The number of sulfone groups is 1. The number of guanidine groups is 1. The molecule has 152 valence electrons. The summed E-state index contributed by atoms with van der Waals surface area (Å²) >= 11 is 0. The largest absolute Gasteiger partial charge is 0.381 e. The van der Waals surface area contributed by atoms with Gasteiger partial charge in [0.25, 0.3) is 0 Å². The van der Waals surface area contributed by atoms with Crippen LogP contribution in [0, 0.1) is 11.6 Å². The summed E-state index contributed by atoms with van der Waals surface area (Å²) in [4.78, 5) is 4.47. The van der Waals surface area contributed by atoms with E-state index in [1.807, 2.05) is 6.92 Å². The Bertz CT molecular complexity index is 778. The van der Waals surface area contributed by atoms with E-state index in [0.29, 0.717) is 44.1 Å². The minimum atomic E-state index is -3.32. The highest BCUT2D eigenvalue weighted by Crippen LogP contribution is 2.29. The highest BCUT2D eigenvalue weighted by atomic mass is 32.2. The molecule has 1 aliphatic rings. The zero-order chi connectivity index (χ0) is 20.1. The molecule has 1 heterocycles. The lowest BCUT2D eigenvalue weighted by atomic mass is 9.99. The van der Waals surface area contributed by atoms with Crippen molar-refractivity contribution >= 4 is 15.8 Å². The molecule has 6 nitrogen and oxygen atoms in total. The van der Waals surface area contributed by atoms with Gasteiger partial charge in [-0.1, -0.05) is 6.07 Å². The van der Waals surface area contributed by atoms with Gasteiger partial charge in [0.15, 0.2) is 27.4 Å². The first-order valence-electron chi connectivity index (χ1n) is 8.95. The Kier molecular flexibility index (Phi) is 7.16. The SMILES string of the molecule is CCNC(=NCC1(S(C)(=O)=O)CCOCC1)NC(C)c1ccc(F)c(F)c1. The fourth-order valence-corrected chi connectivity index (χ4v) is 4.21. The summed E-state index contributed by atoms with van der Waals surface area (Å²) in [5.41, 5.74) is 0.559. The lowest BCUT2D eigenvalue weighted by Crippen LogP contribution is -2.47. The van der Waals surface area contributed by atoms with Crippen molar-refractivity contribution in [2.75, 3.05) is 32.6 Å². The van der Waals surface area contributed by atoms with Gasteiger partial charge in [-0.3, -0.25) is 4.99 Å². The van der Waals surface area contributed by atoms with Crippen LogP contribution >= 0.6 is 0 Å². The summed E-state index contributed by atoms with van der Waals surface area (Å²) in [5.74, 6) is -1.40. The van der Waals surface area contributed by atoms with Crippen LogP contribution in [0.25, 0.3) is 0 Å². The monoisotopic (exact) mass is 403 g/mol. The predicted molar refractivity (Wildman–Crippen MR) is 102 cm³/mol. The molecule has 1 aromatic rings. The van der Waals surface area contributed by atoms with Gasteiger partial charge >= 0.3 is 0 Å². The lowest BCUT2D eigenvalue weighted by Gasteiger charge is -2.34. The molecule has 0 radical (unpaired) electrons. The van der Waals surface area contributed by atoms with Crippen LogP contribution in [-0.4, -0.2) is 51.7 Å². The molecule has 1 unspecified atom stereocenters. The molecule has 0 bridgehead atoms. The summed E-state index contributed by atoms with van der Waals surface area (Å²) in [7, 11) is -3.32. The molecular formula is C18H27F2N3O3S. The highest BCUT2D eigenvalue weighted by molar-refractivity contribution is 7.92. The second-order valence-corrected chi connectivity index (χ2v) is 9.21. The molecule has 1 fully saturated rings. The van der Waals surface area contributed by atoms with Crippen LogP contribution in [-0.2, 0) is 14.6 Å². The first kappa shape index (κ1) is 21.6. The van der Waals surface area contributed by atoms with Gasteiger partial charge in [-0.2, -0.15) is 0 Å². The Hall–Kier alpha value is -1.74. The number of benzene rings is 1. The van der Waals surface area contributed by atoms with Crippen molar-refractivity contribution < 1.29 is 21.9 Å². The zero-order valence-electron chi connectivity index (χ0n) is 15.9. The number of hydrogen-bond acceptors (Lipinski definition) is 4. The van der Waals surface area contributed by atoms with E-state index in [4.69, 9.17) is 4.74 Å². The third-order valence-corrected chi connectivity index (χ3v) is 6.97. The Labute approximate surface area is 159 Å². The molecule has 0 aromatic heterocycles. The van der Waals surface area contributed by atoms with Gasteiger partial charge in [0.1, 0.15) is 0 Å². The second kappa shape index (κ2) is 8.97. The lowest BCUT2D eigenvalue weighted by molar-refractivity contribution is 0.0768. The molecule has 9 heteroatoms. The summed E-state index contributed by atoms with van der Waals surface area (Å²) in [6.07, 6.45) is 2.03. The number of aliphatic imine (C=N–C) groups is 1. The van der Waals surface area contributed by atoms with Crippen molar-refractivity contribution in [3.63, 3.8) is 0 Å². The topological polar surface area (TPSA) is 79.8 Å². The van der Waals surface area contributed by atoms with Crippen LogP contribution in [0.4, 0.5) is 8.78 Å². The molecule has 1 atom stereocenters. The normalized spacial score (nSPS) is 18.8. The number of nitrogens with one attached hydrogen (secondary N) is 2. The maximum atomic E-state index is 13.5. The zero-order valence-corrected chi connectivity index (χ0v) is 16.7. The molecule has 0 spiro atoms. The van der Waals surface area contributed by atoms with Gasteiger partial charge < -0.3 is 15.4 Å². The Morgan fingerprint density at radius 1 is 1.30 bits per heavy atom. The number of halogens is 2. The maximum absolute atomic E-state index is 13.5. The van der Waals surface area contributed by atoms with Crippen molar-refractivity contribution in [1.29, 1.82) is 0 Å². The fourth-order valence-electron chi connectivity index (χ4n) is 3.00. The summed E-state index contributed by atoms with van der Waals surface area (Å²) in [6.45, 7) is 5.14. The van der Waals surface area contributed by atoms with E-state index in [9.17, 15) is 17.2 Å². The summed E-state index contributed by atoms with van der Waals surface area (Å²) in [6, 6.07) is 3.36. The van der Waals surface area contributed by atoms with Crippen LogP contribution in [0.15, 0.2) is 23.2 Å². The molecule has 1 aliphatic heterocycles. The van der Waals surface area contributed by atoms with E-state index < -0.39 is 26.2 Å². The van der Waals surface area contributed by atoms with E-state index in [-0.39, 0.29) is 12.6 Å². The molecule has 1 saturated heterocycles. The standard InChI is InChI=1S/C18H27F2N3O3S/c1-4-21-17(23-13(2)14-5-6-15(19)16(20)11-14)22-12-18(27(3,24)25)7-9-26-10-8-18/h5-6,11,13H,4,7-10,12H2,1-3H3,(H2,21,22,23). The molecule has 1 aromatic carbocycles. The van der Waals surface area contributed by atoms with E-state index in [1.165, 1.54) is 12.3 Å². The van der Waals surface area contributed by atoms with Crippen molar-refractivity contribution in [2.24, 2.45) is 4.99 Å². The van der Waals surface area contributed by atoms with Crippen LogP contribution in [0.2, 0.25) is 0 Å². The first-order valence-corrected chi connectivity index (χ1v) is 10.8. The van der Waals surface area contributed by atoms with Gasteiger partial charge in [-0.05, 0) is 44.4 Å². The average Bonchev–Trinajstić information content (AvgIpc) is 2.62. The summed E-state index contributed by atoms with van der Waals surface area (Å²) in [5, 5.41) is 6.18. The molecule has 0 amide bonds. The smallest absolute Gasteiger partial charge is 0.191 e. The highest BCUT2D eigenvalue weighted by Gasteiger charge is 2.42. The third kappa shape index (κ3) is 5.38. The Morgan fingerprint density at radius 3 is 2.52 bits per heavy atom. The minimum absolute atomic E-state index is 0.106. The van der Waals surface area contributed by atoms with E-state index in [1.54, 1.807) is 6.92 Å². The van der Waals surface area contributed by atoms with Crippen molar-refractivity contribution in [3.05, 3.63) is 35.4 Å². The van der Waals surface area contributed by atoms with Gasteiger partial charge in [-0.25, -0.2) is 17.2 Å². The van der Waals surface area contributed by atoms with Gasteiger partial charge in [0.05, 0.1) is 17.3 Å². The Balaban J connectivity index is 2.18. The van der Waals surface area contributed by atoms with Gasteiger partial charge in [-0.15, -0.1) is 0 Å². The molecule has 27 heavy (non-hydrogen) atoms. The van der Waals surface area contributed by atoms with E-state index in [2.05, 4.69) is 15.6 Å². The van der Waals surface area contributed by atoms with Crippen LogP contribution < -0.4 is 10.6 Å². The second-order valence-electron chi connectivity index (χ2n) is 6.80. The molecule has 2 N–H and O–H groups in total. The van der Waals surface area contributed by atoms with Gasteiger partial charge in [0.2, 0.25) is 0 Å². The number of ether oxygens (including phenoxy) is 1. The molecule has 0 saturated carbocycles. The predicted octanol–water partition coefficient (Wildman–Crippen LogP) is 2.17. The number of hydrogen-bond donors (Lipinski definition) is 2. The van der Waals surface area contributed by atoms with Crippen LogP contribution in [0.1, 0.15) is 38.3 Å². The average molecular weight is 403 g/mol. The quantitative estimate of drug-likeness (QED) is 0.562. The molecule has 0 aliphatic carbocycles. The van der Waals surface area contributed by atoms with E-state index >= 15 is 0 Å². The maximum Gasteiger partial charge on any atom is 0.191 e. The minimum Gasteiger partial charge on any atom is -0.381 e. The van der Waals surface area contributed by atoms with Crippen LogP contribution in [0.3, 0.4) is 0 Å². The Morgan fingerprint density at radius 2 is 1.96 bits per heavy atom. The summed E-state index contributed by atoms with van der Waals surface area (Å²) < 4.78 is 55.7. The van der Waals surface area contributed by atoms with Crippen molar-refractivity contribution in [3.8, 4) is 0 Å². The van der Waals surface area contributed by atoms with E-state index in [0.717, 1.165) is 12.1 Å². The number of rotatable bonds is 6. The molecular weight excluding hydrogens is 376 g/mol. The fraction of sp³-hybridized carbons (Fsp3) is 0.611. The third-order valence-electron chi connectivity index (χ3n) is 4.86. The first-order chi connectivity index (χ1) is 12.7.